The molecule has 130 valence electrons. The minimum absolute atomic E-state index is 0. The van der Waals surface area contributed by atoms with Crippen LogP contribution in [0, 0.1) is 0 Å². The molecule has 0 aliphatic carbocycles. The fraction of sp³-hybridized carbons (Fsp3) is 0.438. The van der Waals surface area contributed by atoms with Crippen LogP contribution in [0.1, 0.15) is 24.8 Å². The highest BCUT2D eigenvalue weighted by Crippen LogP contribution is 2.22. The van der Waals surface area contributed by atoms with Crippen molar-refractivity contribution in [3.05, 3.63) is 29.8 Å². The summed E-state index contributed by atoms with van der Waals surface area (Å²) in [5.41, 5.74) is 1.59. The Kier molecular flexibility index (Phi) is 6.65. The van der Waals surface area contributed by atoms with E-state index in [-0.39, 0.29) is 47.8 Å². The molecule has 1 atom stereocenters. The highest BCUT2D eigenvalue weighted by Gasteiger charge is 2.29. The number of rotatable bonds is 4. The van der Waals surface area contributed by atoms with Crippen molar-refractivity contribution in [3.8, 4) is 0 Å². The summed E-state index contributed by atoms with van der Waals surface area (Å²) in [6.07, 6.45) is 3.05. The second-order valence-electron chi connectivity index (χ2n) is 5.72. The highest BCUT2D eigenvalue weighted by atomic mass is 35.5. The summed E-state index contributed by atoms with van der Waals surface area (Å²) in [6, 6.07) is 7.13. The topological polar surface area (TPSA) is 78.5 Å². The Morgan fingerprint density at radius 1 is 1.25 bits per heavy atom. The van der Waals surface area contributed by atoms with Gasteiger partial charge >= 0.3 is 0 Å². The molecule has 2 N–H and O–H groups in total. The summed E-state index contributed by atoms with van der Waals surface area (Å²) in [6.45, 7) is 1.16. The smallest absolute Gasteiger partial charge is 0.289 e. The van der Waals surface area contributed by atoms with E-state index in [1.807, 2.05) is 12.1 Å². The van der Waals surface area contributed by atoms with Gasteiger partial charge in [-0.3, -0.25) is 19.3 Å². The average Bonchev–Trinajstić information content (AvgIpc) is 2.89. The lowest BCUT2D eigenvalue weighted by molar-refractivity contribution is -0.125. The zero-order valence-electron chi connectivity index (χ0n) is 13.1. The lowest BCUT2D eigenvalue weighted by atomic mass is 10.0. The minimum Gasteiger partial charge on any atom is -0.325 e. The predicted octanol–water partition coefficient (Wildman–Crippen LogP) is 2.38. The number of amides is 3. The van der Waals surface area contributed by atoms with Crippen LogP contribution in [0.15, 0.2) is 24.3 Å². The number of benzene rings is 1. The Hall–Kier alpha value is -1.57. The number of nitrogens with one attached hydrogen (secondary N) is 2. The fourth-order valence-corrected chi connectivity index (χ4v) is 3.44. The van der Waals surface area contributed by atoms with Crippen LogP contribution in [0.25, 0.3) is 0 Å². The first-order valence-electron chi connectivity index (χ1n) is 7.74. The molecule has 0 radical (unpaired) electrons. The quantitative estimate of drug-likeness (QED) is 0.852. The first kappa shape index (κ1) is 18.8. The molecular formula is C16H20ClN3O3S. The lowest BCUT2D eigenvalue weighted by Crippen LogP contribution is -2.43. The van der Waals surface area contributed by atoms with E-state index in [0.29, 0.717) is 0 Å². The Morgan fingerprint density at radius 2 is 2.00 bits per heavy atom. The Morgan fingerprint density at radius 3 is 2.58 bits per heavy atom. The van der Waals surface area contributed by atoms with Crippen molar-refractivity contribution in [1.82, 2.24) is 10.2 Å². The van der Waals surface area contributed by atoms with Gasteiger partial charge < -0.3 is 10.6 Å². The average molecular weight is 370 g/mol. The summed E-state index contributed by atoms with van der Waals surface area (Å²) in [4.78, 5) is 36.6. The number of imide groups is 1. The van der Waals surface area contributed by atoms with E-state index in [4.69, 9.17) is 0 Å². The largest absolute Gasteiger partial charge is 0.325 e. The first-order chi connectivity index (χ1) is 11.1. The summed E-state index contributed by atoms with van der Waals surface area (Å²) in [5.74, 6) is 0.0564. The van der Waals surface area contributed by atoms with E-state index in [1.165, 1.54) is 4.90 Å². The molecule has 0 saturated carbocycles. The molecule has 1 unspecified atom stereocenters. The van der Waals surface area contributed by atoms with E-state index < -0.39 is 0 Å². The second-order valence-corrected chi connectivity index (χ2v) is 6.65. The molecule has 2 saturated heterocycles. The molecule has 0 bridgehead atoms. The summed E-state index contributed by atoms with van der Waals surface area (Å²) >= 11 is 1.03. The van der Waals surface area contributed by atoms with Crippen LogP contribution in [0.3, 0.4) is 0 Å². The van der Waals surface area contributed by atoms with Crippen LogP contribution >= 0.6 is 24.2 Å². The highest BCUT2D eigenvalue weighted by molar-refractivity contribution is 8.14. The number of halogens is 1. The van der Waals surface area contributed by atoms with Crippen molar-refractivity contribution in [2.45, 2.75) is 31.8 Å². The van der Waals surface area contributed by atoms with Crippen LogP contribution in [-0.2, 0) is 16.1 Å². The molecule has 1 aromatic rings. The zero-order chi connectivity index (χ0) is 16.2. The molecule has 2 heterocycles. The molecule has 0 spiro atoms. The third kappa shape index (κ3) is 4.49. The Labute approximate surface area is 151 Å². The SMILES string of the molecule is Cl.O=C(Nc1ccc(CN2C(=O)CSC2=O)cc1)C1CCCCN1. The lowest BCUT2D eigenvalue weighted by Gasteiger charge is -2.22. The predicted molar refractivity (Wildman–Crippen MR) is 96.4 cm³/mol. The fourth-order valence-electron chi connectivity index (χ4n) is 2.71. The van der Waals surface area contributed by atoms with Crippen molar-refractivity contribution in [1.29, 1.82) is 0 Å². The third-order valence-electron chi connectivity index (χ3n) is 4.03. The third-order valence-corrected chi connectivity index (χ3v) is 4.89. The maximum absolute atomic E-state index is 12.1. The number of thioether (sulfide) groups is 1. The van der Waals surface area contributed by atoms with Gasteiger partial charge in [-0.1, -0.05) is 30.3 Å². The van der Waals surface area contributed by atoms with Crippen LogP contribution in [0.2, 0.25) is 0 Å². The minimum atomic E-state index is -0.198. The van der Waals surface area contributed by atoms with E-state index in [9.17, 15) is 14.4 Å². The van der Waals surface area contributed by atoms with Gasteiger partial charge in [0.15, 0.2) is 0 Å². The van der Waals surface area contributed by atoms with Gasteiger partial charge in [-0.05, 0) is 37.1 Å². The zero-order valence-corrected chi connectivity index (χ0v) is 14.8. The van der Waals surface area contributed by atoms with Gasteiger partial charge in [-0.15, -0.1) is 12.4 Å². The van der Waals surface area contributed by atoms with Gasteiger partial charge in [-0.2, -0.15) is 0 Å². The molecule has 8 heteroatoms. The maximum Gasteiger partial charge on any atom is 0.289 e. The summed E-state index contributed by atoms with van der Waals surface area (Å²) in [5, 5.41) is 5.91. The summed E-state index contributed by atoms with van der Waals surface area (Å²) in [7, 11) is 0. The van der Waals surface area contributed by atoms with Crippen molar-refractivity contribution in [3.63, 3.8) is 0 Å². The van der Waals surface area contributed by atoms with Gasteiger partial charge in [0.1, 0.15) is 0 Å². The van der Waals surface area contributed by atoms with E-state index in [2.05, 4.69) is 10.6 Å². The van der Waals surface area contributed by atoms with Crippen molar-refractivity contribution in [2.24, 2.45) is 0 Å². The second kappa shape index (κ2) is 8.50. The molecule has 2 aliphatic heterocycles. The van der Waals surface area contributed by atoms with Crippen LogP contribution in [-0.4, -0.2) is 40.3 Å². The molecule has 6 nitrogen and oxygen atoms in total. The first-order valence-corrected chi connectivity index (χ1v) is 8.72. The van der Waals surface area contributed by atoms with Gasteiger partial charge in [0.25, 0.3) is 5.24 Å². The molecular weight excluding hydrogens is 350 g/mol. The monoisotopic (exact) mass is 369 g/mol. The number of hydrogen-bond donors (Lipinski definition) is 2. The van der Waals surface area contributed by atoms with Gasteiger partial charge in [-0.25, -0.2) is 0 Å². The molecule has 3 amide bonds. The number of carbonyl (C=O) groups is 3. The standard InChI is InChI=1S/C16H19N3O3S.ClH/c20-14-10-23-16(22)19(14)9-11-4-6-12(7-5-11)18-15(21)13-3-1-2-8-17-13;/h4-7,13,17H,1-3,8-10H2,(H,18,21);1H. The number of hydrogen-bond acceptors (Lipinski definition) is 5. The van der Waals surface area contributed by atoms with Gasteiger partial charge in [0.05, 0.1) is 18.3 Å². The maximum atomic E-state index is 12.1. The normalized spacial score (nSPS) is 20.7. The van der Waals surface area contributed by atoms with Crippen LogP contribution in [0.4, 0.5) is 10.5 Å². The summed E-state index contributed by atoms with van der Waals surface area (Å²) < 4.78 is 0. The Balaban J connectivity index is 0.00000208. The van der Waals surface area contributed by atoms with Gasteiger partial charge in [0.2, 0.25) is 11.8 Å². The molecule has 2 fully saturated rings. The van der Waals surface area contributed by atoms with Gasteiger partial charge in [0, 0.05) is 5.69 Å². The van der Waals surface area contributed by atoms with E-state index in [1.54, 1.807) is 12.1 Å². The van der Waals surface area contributed by atoms with Crippen molar-refractivity contribution in [2.75, 3.05) is 17.6 Å². The van der Waals surface area contributed by atoms with Crippen LogP contribution < -0.4 is 10.6 Å². The van der Waals surface area contributed by atoms with Crippen molar-refractivity contribution >= 4 is 46.9 Å². The number of nitrogens with zero attached hydrogens (tertiary/aromatic N) is 1. The molecule has 1 aromatic carbocycles. The van der Waals surface area contributed by atoms with E-state index >= 15 is 0 Å². The number of carbonyl (C=O) groups excluding carboxylic acids is 3. The molecule has 0 aromatic heterocycles. The van der Waals surface area contributed by atoms with Crippen molar-refractivity contribution < 1.29 is 14.4 Å². The van der Waals surface area contributed by atoms with Crippen LogP contribution in [0.5, 0.6) is 0 Å². The number of piperidine rings is 1. The molecule has 24 heavy (non-hydrogen) atoms. The van der Waals surface area contributed by atoms with E-state index in [0.717, 1.165) is 48.8 Å². The molecule has 3 rings (SSSR count). The molecule has 2 aliphatic rings. The number of anilines is 1. The Bertz CT molecular complexity index is 601.